The average molecular weight is 272 g/mol. The Labute approximate surface area is 112 Å². The predicted molar refractivity (Wildman–Crippen MR) is 72.1 cm³/mol. The largest absolute Gasteiger partial charge is 0.469 e. The number of nitrogens with zero attached hydrogens (tertiary/aromatic N) is 1. The molecular formula is C12H20N2O3S. The molecule has 0 amide bonds. The molecule has 0 saturated heterocycles. The smallest absolute Gasteiger partial charge is 0.305 e. The molecule has 0 bridgehead atoms. The minimum absolute atomic E-state index is 0.200. The number of hydrogen-bond donors (Lipinski definition) is 1. The Balaban J connectivity index is 2.19. The molecule has 0 saturated carbocycles. The highest BCUT2D eigenvalue weighted by molar-refractivity contribution is 7.13. The maximum Gasteiger partial charge on any atom is 0.305 e. The van der Waals surface area contributed by atoms with Gasteiger partial charge in [0.1, 0.15) is 0 Å². The van der Waals surface area contributed by atoms with Crippen molar-refractivity contribution in [1.29, 1.82) is 0 Å². The fraction of sp³-hybridized carbons (Fsp3) is 0.667. The summed E-state index contributed by atoms with van der Waals surface area (Å²) in [4.78, 5) is 15.4. The molecule has 1 heterocycles. The van der Waals surface area contributed by atoms with Crippen LogP contribution in [-0.4, -0.2) is 37.8 Å². The van der Waals surface area contributed by atoms with Crippen LogP contribution in [0.4, 0.5) is 5.13 Å². The first-order valence-corrected chi connectivity index (χ1v) is 6.97. The number of ether oxygens (including phenoxy) is 2. The highest BCUT2D eigenvalue weighted by Gasteiger charge is 2.05. The van der Waals surface area contributed by atoms with Crippen molar-refractivity contribution in [2.24, 2.45) is 0 Å². The second-order valence-corrected chi connectivity index (χ2v) is 4.56. The van der Waals surface area contributed by atoms with Gasteiger partial charge in [0, 0.05) is 31.6 Å². The van der Waals surface area contributed by atoms with E-state index in [0.717, 1.165) is 37.0 Å². The average Bonchev–Trinajstić information content (AvgIpc) is 2.83. The summed E-state index contributed by atoms with van der Waals surface area (Å²) in [6.45, 7) is 4.37. The third-order valence-corrected chi connectivity index (χ3v) is 3.16. The number of rotatable bonds is 9. The maximum atomic E-state index is 11.0. The second kappa shape index (κ2) is 8.88. The lowest BCUT2D eigenvalue weighted by atomic mass is 10.2. The van der Waals surface area contributed by atoms with Gasteiger partial charge in [0.2, 0.25) is 0 Å². The molecule has 1 N–H and O–H groups in total. The Morgan fingerprint density at radius 1 is 1.56 bits per heavy atom. The van der Waals surface area contributed by atoms with E-state index in [9.17, 15) is 4.79 Å². The van der Waals surface area contributed by atoms with Crippen molar-refractivity contribution in [2.45, 2.75) is 26.2 Å². The molecule has 1 aromatic heterocycles. The lowest BCUT2D eigenvalue weighted by Crippen LogP contribution is -2.06. The SMILES string of the molecule is CCOCCCNc1nc(CCC(=O)OC)cs1. The summed E-state index contributed by atoms with van der Waals surface area (Å²) < 4.78 is 9.83. The number of nitrogens with one attached hydrogen (secondary N) is 1. The minimum atomic E-state index is -0.200. The quantitative estimate of drug-likeness (QED) is 0.551. The van der Waals surface area contributed by atoms with Crippen LogP contribution in [0.25, 0.3) is 0 Å². The standard InChI is InChI=1S/C12H20N2O3S/c1-3-17-8-4-7-13-12-14-10(9-18-12)5-6-11(15)16-2/h9H,3-8H2,1-2H3,(H,13,14). The van der Waals surface area contributed by atoms with E-state index in [1.807, 2.05) is 12.3 Å². The Morgan fingerprint density at radius 3 is 3.11 bits per heavy atom. The van der Waals surface area contributed by atoms with Crippen LogP contribution in [0.5, 0.6) is 0 Å². The molecule has 18 heavy (non-hydrogen) atoms. The fourth-order valence-electron chi connectivity index (χ4n) is 1.35. The van der Waals surface area contributed by atoms with Gasteiger partial charge in [-0.3, -0.25) is 4.79 Å². The summed E-state index contributed by atoms with van der Waals surface area (Å²) in [5, 5.41) is 6.10. The van der Waals surface area contributed by atoms with Gasteiger partial charge in [-0.15, -0.1) is 11.3 Å². The van der Waals surface area contributed by atoms with Gasteiger partial charge in [-0.1, -0.05) is 0 Å². The van der Waals surface area contributed by atoms with Crippen molar-refractivity contribution < 1.29 is 14.3 Å². The molecule has 0 fully saturated rings. The monoisotopic (exact) mass is 272 g/mol. The van der Waals surface area contributed by atoms with Crippen molar-refractivity contribution in [3.63, 3.8) is 0 Å². The Bertz CT molecular complexity index is 355. The third-order valence-electron chi connectivity index (χ3n) is 2.31. The molecule has 0 spiro atoms. The number of carbonyl (C=O) groups excluding carboxylic acids is 1. The van der Waals surface area contributed by atoms with Gasteiger partial charge in [-0.05, 0) is 13.3 Å². The van der Waals surface area contributed by atoms with Gasteiger partial charge in [0.05, 0.1) is 19.2 Å². The lowest BCUT2D eigenvalue weighted by molar-refractivity contribution is -0.140. The van der Waals surface area contributed by atoms with Crippen LogP contribution < -0.4 is 5.32 Å². The van der Waals surface area contributed by atoms with E-state index in [4.69, 9.17) is 4.74 Å². The molecule has 6 heteroatoms. The van der Waals surface area contributed by atoms with E-state index in [0.29, 0.717) is 12.8 Å². The minimum Gasteiger partial charge on any atom is -0.469 e. The lowest BCUT2D eigenvalue weighted by Gasteiger charge is -2.02. The third kappa shape index (κ3) is 5.97. The zero-order valence-corrected chi connectivity index (χ0v) is 11.7. The van der Waals surface area contributed by atoms with Crippen LogP contribution in [0.2, 0.25) is 0 Å². The van der Waals surface area contributed by atoms with E-state index in [-0.39, 0.29) is 5.97 Å². The Morgan fingerprint density at radius 2 is 2.39 bits per heavy atom. The van der Waals surface area contributed by atoms with Crippen LogP contribution >= 0.6 is 11.3 Å². The van der Waals surface area contributed by atoms with Crippen LogP contribution in [-0.2, 0) is 20.7 Å². The number of carbonyl (C=O) groups is 1. The van der Waals surface area contributed by atoms with E-state index in [2.05, 4.69) is 15.0 Å². The number of hydrogen-bond acceptors (Lipinski definition) is 6. The molecule has 5 nitrogen and oxygen atoms in total. The van der Waals surface area contributed by atoms with Crippen molar-refractivity contribution in [2.75, 3.05) is 32.2 Å². The van der Waals surface area contributed by atoms with E-state index in [1.54, 1.807) is 11.3 Å². The topological polar surface area (TPSA) is 60.5 Å². The van der Waals surface area contributed by atoms with E-state index >= 15 is 0 Å². The van der Waals surface area contributed by atoms with Crippen LogP contribution in [0.3, 0.4) is 0 Å². The van der Waals surface area contributed by atoms with Crippen molar-refractivity contribution in [1.82, 2.24) is 4.98 Å². The van der Waals surface area contributed by atoms with Crippen molar-refractivity contribution in [3.8, 4) is 0 Å². The zero-order valence-electron chi connectivity index (χ0n) is 10.9. The molecule has 1 rings (SSSR count). The van der Waals surface area contributed by atoms with E-state index in [1.165, 1.54) is 7.11 Å². The second-order valence-electron chi connectivity index (χ2n) is 3.70. The van der Waals surface area contributed by atoms with Crippen LogP contribution in [0.1, 0.15) is 25.5 Å². The van der Waals surface area contributed by atoms with Crippen molar-refractivity contribution >= 4 is 22.4 Å². The Kier molecular flexibility index (Phi) is 7.36. The van der Waals surface area contributed by atoms with Gasteiger partial charge in [0.15, 0.2) is 5.13 Å². The molecule has 0 aliphatic carbocycles. The van der Waals surface area contributed by atoms with Gasteiger partial charge in [0.25, 0.3) is 0 Å². The fourth-order valence-corrected chi connectivity index (χ4v) is 2.12. The number of esters is 1. The molecule has 0 aliphatic rings. The first-order valence-electron chi connectivity index (χ1n) is 6.09. The normalized spacial score (nSPS) is 10.3. The maximum absolute atomic E-state index is 11.0. The highest BCUT2D eigenvalue weighted by Crippen LogP contribution is 2.16. The van der Waals surface area contributed by atoms with Gasteiger partial charge in [-0.2, -0.15) is 0 Å². The number of thiazole rings is 1. The molecule has 0 atom stereocenters. The van der Waals surface area contributed by atoms with Crippen LogP contribution in [0.15, 0.2) is 5.38 Å². The first kappa shape index (κ1) is 14.9. The van der Waals surface area contributed by atoms with Crippen molar-refractivity contribution in [3.05, 3.63) is 11.1 Å². The summed E-state index contributed by atoms with van der Waals surface area (Å²) >= 11 is 1.56. The summed E-state index contributed by atoms with van der Waals surface area (Å²) in [6, 6.07) is 0. The molecule has 0 aromatic carbocycles. The molecule has 0 unspecified atom stereocenters. The highest BCUT2D eigenvalue weighted by atomic mass is 32.1. The predicted octanol–water partition coefficient (Wildman–Crippen LogP) is 2.09. The van der Waals surface area contributed by atoms with Gasteiger partial charge < -0.3 is 14.8 Å². The molecule has 0 aliphatic heterocycles. The zero-order chi connectivity index (χ0) is 13.2. The Hall–Kier alpha value is -1.14. The molecule has 1 aromatic rings. The number of methoxy groups -OCH3 is 1. The molecular weight excluding hydrogens is 252 g/mol. The number of anilines is 1. The van der Waals surface area contributed by atoms with Gasteiger partial charge in [-0.25, -0.2) is 4.98 Å². The number of aryl methyl sites for hydroxylation is 1. The summed E-state index contributed by atoms with van der Waals surface area (Å²) in [6.07, 6.45) is 1.97. The summed E-state index contributed by atoms with van der Waals surface area (Å²) in [5.41, 5.74) is 0.928. The molecule has 0 radical (unpaired) electrons. The number of aromatic nitrogens is 1. The summed E-state index contributed by atoms with van der Waals surface area (Å²) in [7, 11) is 1.40. The van der Waals surface area contributed by atoms with Gasteiger partial charge >= 0.3 is 5.97 Å². The molecule has 102 valence electrons. The summed E-state index contributed by atoms with van der Waals surface area (Å²) in [5.74, 6) is -0.200. The first-order chi connectivity index (χ1) is 8.76. The van der Waals surface area contributed by atoms with Crippen LogP contribution in [0, 0.1) is 0 Å². The van der Waals surface area contributed by atoms with E-state index < -0.39 is 0 Å².